The van der Waals surface area contributed by atoms with Gasteiger partial charge >= 0.3 is 0 Å². The van der Waals surface area contributed by atoms with Crippen molar-refractivity contribution in [1.82, 2.24) is 10.2 Å². The van der Waals surface area contributed by atoms with Crippen molar-refractivity contribution in [2.24, 2.45) is 0 Å². The van der Waals surface area contributed by atoms with Gasteiger partial charge in [0.1, 0.15) is 0 Å². The van der Waals surface area contributed by atoms with Crippen LogP contribution in [0.25, 0.3) is 0 Å². The molecule has 19 heavy (non-hydrogen) atoms. The highest BCUT2D eigenvalue weighted by atomic mass is 79.9. The SMILES string of the molecule is CC(C)N(C)CCCCNC(=O)c1cccc(Br)c1. The smallest absolute Gasteiger partial charge is 0.251 e. The second kappa shape index (κ2) is 8.33. The number of carbonyl (C=O) groups excluding carboxylic acids is 1. The maximum absolute atomic E-state index is 11.9. The number of nitrogens with one attached hydrogen (secondary N) is 1. The van der Waals surface area contributed by atoms with E-state index in [1.54, 1.807) is 0 Å². The quantitative estimate of drug-likeness (QED) is 0.780. The van der Waals surface area contributed by atoms with Gasteiger partial charge in [0, 0.05) is 22.6 Å². The van der Waals surface area contributed by atoms with Crippen molar-refractivity contribution >= 4 is 21.8 Å². The number of rotatable bonds is 7. The number of hydrogen-bond donors (Lipinski definition) is 1. The van der Waals surface area contributed by atoms with E-state index in [1.807, 2.05) is 24.3 Å². The fraction of sp³-hybridized carbons (Fsp3) is 0.533. The van der Waals surface area contributed by atoms with Crippen LogP contribution in [0.2, 0.25) is 0 Å². The molecule has 1 aromatic carbocycles. The summed E-state index contributed by atoms with van der Waals surface area (Å²) in [6, 6.07) is 8.03. The normalized spacial score (nSPS) is 11.1. The first-order valence-electron chi connectivity index (χ1n) is 6.74. The number of unbranched alkanes of at least 4 members (excludes halogenated alkanes) is 1. The molecule has 3 nitrogen and oxygen atoms in total. The van der Waals surface area contributed by atoms with Gasteiger partial charge in [-0.05, 0) is 58.5 Å². The number of amides is 1. The Morgan fingerprint density at radius 3 is 2.74 bits per heavy atom. The summed E-state index contributed by atoms with van der Waals surface area (Å²) < 4.78 is 0.929. The minimum Gasteiger partial charge on any atom is -0.352 e. The molecule has 0 saturated carbocycles. The van der Waals surface area contributed by atoms with Crippen molar-refractivity contribution in [2.45, 2.75) is 32.7 Å². The lowest BCUT2D eigenvalue weighted by Gasteiger charge is -2.20. The van der Waals surface area contributed by atoms with Gasteiger partial charge in [0.15, 0.2) is 0 Å². The second-order valence-corrected chi connectivity index (χ2v) is 5.96. The molecule has 0 aliphatic heterocycles. The summed E-state index contributed by atoms with van der Waals surface area (Å²) in [5.74, 6) is -0.00138. The molecule has 0 bridgehead atoms. The minimum atomic E-state index is -0.00138. The molecule has 0 atom stereocenters. The Morgan fingerprint density at radius 1 is 1.37 bits per heavy atom. The first-order valence-corrected chi connectivity index (χ1v) is 7.54. The van der Waals surface area contributed by atoms with Gasteiger partial charge in [-0.3, -0.25) is 4.79 Å². The maximum atomic E-state index is 11.9. The zero-order valence-corrected chi connectivity index (χ0v) is 13.5. The van der Waals surface area contributed by atoms with Crippen LogP contribution >= 0.6 is 15.9 Å². The van der Waals surface area contributed by atoms with E-state index in [2.05, 4.69) is 47.0 Å². The Labute approximate surface area is 124 Å². The van der Waals surface area contributed by atoms with Crippen LogP contribution in [0.5, 0.6) is 0 Å². The first-order chi connectivity index (χ1) is 9.00. The molecule has 1 aromatic rings. The van der Waals surface area contributed by atoms with Gasteiger partial charge in [-0.25, -0.2) is 0 Å². The molecule has 1 amide bonds. The van der Waals surface area contributed by atoms with Crippen molar-refractivity contribution in [2.75, 3.05) is 20.1 Å². The maximum Gasteiger partial charge on any atom is 0.251 e. The molecule has 0 aliphatic rings. The van der Waals surface area contributed by atoms with Crippen LogP contribution in [0.15, 0.2) is 28.7 Å². The van der Waals surface area contributed by atoms with Crippen LogP contribution in [0, 0.1) is 0 Å². The Kier molecular flexibility index (Phi) is 7.10. The number of benzene rings is 1. The Bertz CT molecular complexity index is 407. The molecule has 0 unspecified atom stereocenters. The van der Waals surface area contributed by atoms with Crippen LogP contribution in [0.1, 0.15) is 37.0 Å². The summed E-state index contributed by atoms with van der Waals surface area (Å²) in [4.78, 5) is 14.2. The van der Waals surface area contributed by atoms with Crippen LogP contribution in [0.4, 0.5) is 0 Å². The lowest BCUT2D eigenvalue weighted by Crippen LogP contribution is -2.29. The van der Waals surface area contributed by atoms with E-state index in [-0.39, 0.29) is 5.91 Å². The van der Waals surface area contributed by atoms with Crippen molar-refractivity contribution in [3.63, 3.8) is 0 Å². The minimum absolute atomic E-state index is 0.00138. The third-order valence-corrected chi connectivity index (χ3v) is 3.68. The number of carbonyl (C=O) groups is 1. The van der Waals surface area contributed by atoms with Crippen molar-refractivity contribution < 1.29 is 4.79 Å². The molecular weight excluding hydrogens is 304 g/mol. The van der Waals surface area contributed by atoms with Crippen LogP contribution in [-0.4, -0.2) is 37.0 Å². The zero-order valence-electron chi connectivity index (χ0n) is 11.9. The van der Waals surface area contributed by atoms with Crippen molar-refractivity contribution in [1.29, 1.82) is 0 Å². The Morgan fingerprint density at radius 2 is 2.11 bits per heavy atom. The van der Waals surface area contributed by atoms with Gasteiger partial charge < -0.3 is 10.2 Å². The lowest BCUT2D eigenvalue weighted by molar-refractivity contribution is 0.0952. The molecule has 0 fully saturated rings. The van der Waals surface area contributed by atoms with E-state index in [4.69, 9.17) is 0 Å². The largest absolute Gasteiger partial charge is 0.352 e. The van der Waals surface area contributed by atoms with E-state index < -0.39 is 0 Å². The third-order valence-electron chi connectivity index (χ3n) is 3.19. The second-order valence-electron chi connectivity index (χ2n) is 5.05. The Balaban J connectivity index is 2.21. The van der Waals surface area contributed by atoms with Crippen LogP contribution in [-0.2, 0) is 0 Å². The molecule has 0 aliphatic carbocycles. The summed E-state index contributed by atoms with van der Waals surface area (Å²) in [5.41, 5.74) is 0.702. The number of nitrogens with zero attached hydrogens (tertiary/aromatic N) is 1. The fourth-order valence-electron chi connectivity index (χ4n) is 1.68. The summed E-state index contributed by atoms with van der Waals surface area (Å²) in [6.07, 6.45) is 2.12. The molecule has 0 spiro atoms. The molecule has 0 saturated heterocycles. The predicted molar refractivity (Wildman–Crippen MR) is 83.5 cm³/mol. The summed E-state index contributed by atoms with van der Waals surface area (Å²) in [5, 5.41) is 2.95. The van der Waals surface area contributed by atoms with E-state index >= 15 is 0 Å². The first kappa shape index (κ1) is 16.2. The monoisotopic (exact) mass is 326 g/mol. The fourth-order valence-corrected chi connectivity index (χ4v) is 2.08. The van der Waals surface area contributed by atoms with E-state index in [0.717, 1.165) is 30.4 Å². The van der Waals surface area contributed by atoms with Crippen LogP contribution < -0.4 is 5.32 Å². The highest BCUT2D eigenvalue weighted by molar-refractivity contribution is 9.10. The molecule has 106 valence electrons. The van der Waals surface area contributed by atoms with E-state index in [0.29, 0.717) is 11.6 Å². The third kappa shape index (κ3) is 6.21. The topological polar surface area (TPSA) is 32.3 Å². The molecule has 0 aromatic heterocycles. The van der Waals surface area contributed by atoms with Gasteiger partial charge in [0.25, 0.3) is 5.91 Å². The summed E-state index contributed by atoms with van der Waals surface area (Å²) in [7, 11) is 2.13. The summed E-state index contributed by atoms with van der Waals surface area (Å²) in [6.45, 7) is 6.19. The molecule has 0 radical (unpaired) electrons. The molecule has 0 heterocycles. The predicted octanol–water partition coefficient (Wildman–Crippen LogP) is 3.30. The van der Waals surface area contributed by atoms with Gasteiger partial charge in [0.05, 0.1) is 0 Å². The average Bonchev–Trinajstić information content (AvgIpc) is 2.37. The molecule has 1 N–H and O–H groups in total. The molecular formula is C15H23BrN2O. The van der Waals surface area contributed by atoms with Gasteiger partial charge in [-0.1, -0.05) is 22.0 Å². The average molecular weight is 327 g/mol. The standard InChI is InChI=1S/C15H23BrN2O/c1-12(2)18(3)10-5-4-9-17-15(19)13-7-6-8-14(16)11-13/h6-8,11-12H,4-5,9-10H2,1-3H3,(H,17,19). The van der Waals surface area contributed by atoms with E-state index in [9.17, 15) is 4.79 Å². The number of halogens is 1. The lowest BCUT2D eigenvalue weighted by atomic mass is 10.2. The summed E-state index contributed by atoms with van der Waals surface area (Å²) >= 11 is 3.37. The zero-order chi connectivity index (χ0) is 14.3. The molecule has 1 rings (SSSR count). The van der Waals surface area contributed by atoms with E-state index in [1.165, 1.54) is 0 Å². The van der Waals surface area contributed by atoms with Crippen molar-refractivity contribution in [3.05, 3.63) is 34.3 Å². The van der Waals surface area contributed by atoms with Gasteiger partial charge in [-0.2, -0.15) is 0 Å². The van der Waals surface area contributed by atoms with Gasteiger partial charge in [-0.15, -0.1) is 0 Å². The number of hydrogen-bond acceptors (Lipinski definition) is 2. The van der Waals surface area contributed by atoms with Crippen molar-refractivity contribution in [3.8, 4) is 0 Å². The highest BCUT2D eigenvalue weighted by Crippen LogP contribution is 2.11. The van der Waals surface area contributed by atoms with Gasteiger partial charge in [0.2, 0.25) is 0 Å². The Hall–Kier alpha value is -0.870. The molecule has 4 heteroatoms. The highest BCUT2D eigenvalue weighted by Gasteiger charge is 2.05. The van der Waals surface area contributed by atoms with Crippen LogP contribution in [0.3, 0.4) is 0 Å².